The Balaban J connectivity index is 1.48. The highest BCUT2D eigenvalue weighted by Crippen LogP contribution is 2.23. The van der Waals surface area contributed by atoms with Gasteiger partial charge in [0.1, 0.15) is 5.01 Å². The second-order valence-corrected chi connectivity index (χ2v) is 8.56. The third-order valence-electron chi connectivity index (χ3n) is 4.02. The van der Waals surface area contributed by atoms with Gasteiger partial charge in [0, 0.05) is 28.8 Å². The monoisotopic (exact) mass is 432 g/mol. The molecule has 4 aromatic rings. The van der Waals surface area contributed by atoms with Gasteiger partial charge in [-0.3, -0.25) is 9.89 Å². The Morgan fingerprint density at radius 1 is 1.25 bits per heavy atom. The molecule has 0 saturated carbocycles. The molecule has 0 bridgehead atoms. The summed E-state index contributed by atoms with van der Waals surface area (Å²) in [6.45, 7) is 2.13. The van der Waals surface area contributed by atoms with Gasteiger partial charge in [-0.05, 0) is 30.7 Å². The summed E-state index contributed by atoms with van der Waals surface area (Å²) in [5, 5.41) is 13.7. The largest absolute Gasteiger partial charge is 0.275 e. The predicted octanol–water partition coefficient (Wildman–Crippen LogP) is 4.22. The first-order valence-corrected chi connectivity index (χ1v) is 11.0. The van der Waals surface area contributed by atoms with Gasteiger partial charge in [0.15, 0.2) is 5.82 Å². The summed E-state index contributed by atoms with van der Waals surface area (Å²) in [7, 11) is 0. The van der Waals surface area contributed by atoms with E-state index in [-0.39, 0.29) is 5.56 Å². The average Bonchev–Trinajstić information content (AvgIpc) is 3.32. The van der Waals surface area contributed by atoms with Gasteiger partial charge in [-0.2, -0.15) is 9.61 Å². The standard InChI is InChI=1S/C18H17ClN6OS2/c1-2-3-4-14-24-25-15(26)9-13(20-18(25)28-14)10-27-17-21-16(22-23-17)11-5-7-12(19)8-6-11/h5-9H,2-4,10H2,1H3,(H,21,22,23). The fraction of sp³-hybridized carbons (Fsp3) is 0.278. The maximum Gasteiger partial charge on any atom is 0.275 e. The van der Waals surface area contributed by atoms with Crippen molar-refractivity contribution in [2.45, 2.75) is 37.1 Å². The lowest BCUT2D eigenvalue weighted by Gasteiger charge is -1.98. The zero-order valence-electron chi connectivity index (χ0n) is 15.1. The molecule has 1 N–H and O–H groups in total. The molecule has 0 saturated heterocycles. The maximum absolute atomic E-state index is 12.3. The quantitative estimate of drug-likeness (QED) is 0.440. The number of nitrogens with zero attached hydrogens (tertiary/aromatic N) is 5. The normalized spacial score (nSPS) is 11.4. The van der Waals surface area contributed by atoms with Crippen LogP contribution in [-0.4, -0.2) is 29.8 Å². The number of fused-ring (bicyclic) bond motifs is 1. The molecule has 0 aliphatic heterocycles. The number of halogens is 1. The van der Waals surface area contributed by atoms with Crippen molar-refractivity contribution in [3.63, 3.8) is 0 Å². The van der Waals surface area contributed by atoms with E-state index in [1.54, 1.807) is 0 Å². The molecule has 0 aliphatic rings. The molecule has 10 heteroatoms. The number of rotatable bonds is 7. The van der Waals surface area contributed by atoms with Crippen LogP contribution in [0.3, 0.4) is 0 Å². The van der Waals surface area contributed by atoms with E-state index in [1.807, 2.05) is 24.3 Å². The number of thioether (sulfide) groups is 1. The molecule has 7 nitrogen and oxygen atoms in total. The summed E-state index contributed by atoms with van der Waals surface area (Å²) in [4.78, 5) is 22.0. The Bertz CT molecular complexity index is 1150. The van der Waals surface area contributed by atoms with Crippen molar-refractivity contribution in [2.75, 3.05) is 0 Å². The molecular weight excluding hydrogens is 416 g/mol. The Hall–Kier alpha value is -2.23. The lowest BCUT2D eigenvalue weighted by Crippen LogP contribution is -2.15. The van der Waals surface area contributed by atoms with Crippen molar-refractivity contribution in [2.24, 2.45) is 0 Å². The molecular formula is C18H17ClN6OS2. The van der Waals surface area contributed by atoms with Crippen LogP contribution in [0.1, 0.15) is 30.5 Å². The van der Waals surface area contributed by atoms with Gasteiger partial charge in [-0.15, -0.1) is 5.10 Å². The average molecular weight is 433 g/mol. The van der Waals surface area contributed by atoms with Crippen molar-refractivity contribution >= 4 is 39.7 Å². The number of aromatic amines is 1. The lowest BCUT2D eigenvalue weighted by atomic mass is 10.2. The Labute approximate surface area is 174 Å². The van der Waals surface area contributed by atoms with Crippen LogP contribution in [0.4, 0.5) is 0 Å². The molecule has 4 rings (SSSR count). The van der Waals surface area contributed by atoms with Crippen LogP contribution in [0.25, 0.3) is 16.3 Å². The Morgan fingerprint density at radius 2 is 2.07 bits per heavy atom. The zero-order chi connectivity index (χ0) is 19.5. The SMILES string of the molecule is CCCCc1nn2c(=O)cc(CSc3n[nH]c(-c4ccc(Cl)cc4)n3)nc2s1. The lowest BCUT2D eigenvalue weighted by molar-refractivity contribution is 0.761. The van der Waals surface area contributed by atoms with Gasteiger partial charge >= 0.3 is 0 Å². The van der Waals surface area contributed by atoms with E-state index in [2.05, 4.69) is 32.2 Å². The Kier molecular flexibility index (Phi) is 5.74. The molecule has 3 heterocycles. The fourth-order valence-electron chi connectivity index (χ4n) is 2.59. The van der Waals surface area contributed by atoms with E-state index < -0.39 is 0 Å². The fourth-order valence-corrected chi connectivity index (χ4v) is 4.36. The second-order valence-electron chi connectivity index (χ2n) is 6.14. The number of benzene rings is 1. The van der Waals surface area contributed by atoms with Gasteiger partial charge in [0.05, 0.1) is 5.69 Å². The first kappa shape index (κ1) is 19.1. The molecule has 0 atom stereocenters. The minimum Gasteiger partial charge on any atom is -0.267 e. The van der Waals surface area contributed by atoms with Crippen LogP contribution >= 0.6 is 34.7 Å². The number of aromatic nitrogens is 6. The van der Waals surface area contributed by atoms with Crippen molar-refractivity contribution in [3.8, 4) is 11.4 Å². The van der Waals surface area contributed by atoms with E-state index in [0.29, 0.717) is 32.4 Å². The van der Waals surface area contributed by atoms with Gasteiger partial charge in [0.2, 0.25) is 10.1 Å². The van der Waals surface area contributed by atoms with E-state index >= 15 is 0 Å². The molecule has 0 aliphatic carbocycles. The van der Waals surface area contributed by atoms with Crippen molar-refractivity contribution < 1.29 is 0 Å². The minimum atomic E-state index is -0.156. The van der Waals surface area contributed by atoms with Gasteiger partial charge < -0.3 is 0 Å². The first-order valence-electron chi connectivity index (χ1n) is 8.82. The molecule has 0 fully saturated rings. The highest BCUT2D eigenvalue weighted by molar-refractivity contribution is 7.98. The smallest absolute Gasteiger partial charge is 0.267 e. The van der Waals surface area contributed by atoms with Crippen LogP contribution in [-0.2, 0) is 12.2 Å². The number of unbranched alkanes of at least 4 members (excludes halogenated alkanes) is 1. The third-order valence-corrected chi connectivity index (χ3v) is 6.12. The van der Waals surface area contributed by atoms with Crippen LogP contribution in [0.2, 0.25) is 5.02 Å². The van der Waals surface area contributed by atoms with Crippen molar-refractivity contribution in [1.82, 2.24) is 29.8 Å². The van der Waals surface area contributed by atoms with Crippen LogP contribution < -0.4 is 5.56 Å². The van der Waals surface area contributed by atoms with Crippen LogP contribution in [0, 0.1) is 0 Å². The van der Waals surface area contributed by atoms with Crippen molar-refractivity contribution in [3.05, 3.63) is 56.4 Å². The molecule has 0 radical (unpaired) electrons. The van der Waals surface area contributed by atoms with Gasteiger partial charge in [-0.1, -0.05) is 48.0 Å². The van der Waals surface area contributed by atoms with Crippen LogP contribution in [0.15, 0.2) is 40.3 Å². The number of nitrogens with one attached hydrogen (secondary N) is 1. The summed E-state index contributed by atoms with van der Waals surface area (Å²) in [6, 6.07) is 8.91. The van der Waals surface area contributed by atoms with E-state index in [4.69, 9.17) is 11.6 Å². The minimum absolute atomic E-state index is 0.156. The Morgan fingerprint density at radius 3 is 2.86 bits per heavy atom. The van der Waals surface area contributed by atoms with E-state index in [9.17, 15) is 4.79 Å². The summed E-state index contributed by atoms with van der Waals surface area (Å²) >= 11 is 8.81. The summed E-state index contributed by atoms with van der Waals surface area (Å²) in [5.74, 6) is 1.18. The zero-order valence-corrected chi connectivity index (χ0v) is 17.4. The number of hydrogen-bond acceptors (Lipinski definition) is 7. The molecule has 0 amide bonds. The maximum atomic E-state index is 12.3. The first-order chi connectivity index (χ1) is 13.6. The molecule has 28 heavy (non-hydrogen) atoms. The molecule has 144 valence electrons. The third kappa shape index (κ3) is 4.26. The second kappa shape index (κ2) is 8.42. The summed E-state index contributed by atoms with van der Waals surface area (Å²) < 4.78 is 1.38. The number of H-pyrrole nitrogens is 1. The molecule has 0 unspecified atom stereocenters. The highest BCUT2D eigenvalue weighted by atomic mass is 35.5. The molecule has 3 aromatic heterocycles. The summed E-state index contributed by atoms with van der Waals surface area (Å²) in [5.41, 5.74) is 1.45. The highest BCUT2D eigenvalue weighted by Gasteiger charge is 2.11. The van der Waals surface area contributed by atoms with E-state index in [0.717, 1.165) is 29.8 Å². The van der Waals surface area contributed by atoms with Gasteiger partial charge in [-0.25, -0.2) is 9.97 Å². The van der Waals surface area contributed by atoms with Crippen molar-refractivity contribution in [1.29, 1.82) is 0 Å². The van der Waals surface area contributed by atoms with Gasteiger partial charge in [0.25, 0.3) is 5.56 Å². The van der Waals surface area contributed by atoms with E-state index in [1.165, 1.54) is 33.7 Å². The van der Waals surface area contributed by atoms with Crippen LogP contribution in [0.5, 0.6) is 0 Å². The summed E-state index contributed by atoms with van der Waals surface area (Å²) in [6.07, 6.45) is 3.02. The number of hydrogen-bond donors (Lipinski definition) is 1. The molecule has 0 spiro atoms. The molecule has 1 aromatic carbocycles. The predicted molar refractivity (Wildman–Crippen MR) is 112 cm³/mol. The topological polar surface area (TPSA) is 88.8 Å². The number of aryl methyl sites for hydroxylation is 1.